The van der Waals surface area contributed by atoms with E-state index >= 15 is 0 Å². The third-order valence-electron chi connectivity index (χ3n) is 5.69. The highest BCUT2D eigenvalue weighted by molar-refractivity contribution is 7.95. The van der Waals surface area contributed by atoms with Gasteiger partial charge in [0.2, 0.25) is 0 Å². The first kappa shape index (κ1) is 37.8. The predicted octanol–water partition coefficient (Wildman–Crippen LogP) is 8.18. The van der Waals surface area contributed by atoms with Gasteiger partial charge in [0.05, 0.1) is 30.8 Å². The lowest BCUT2D eigenvalue weighted by atomic mass is 10.1. The minimum absolute atomic E-state index is 0.0189. The Morgan fingerprint density at radius 1 is 0.778 bits per heavy atom. The molecule has 0 fully saturated rings. The normalized spacial score (nSPS) is 14.9. The Morgan fingerprint density at radius 2 is 1.14 bits per heavy atom. The van der Waals surface area contributed by atoms with Crippen molar-refractivity contribution in [2.45, 2.75) is 95.6 Å². The van der Waals surface area contributed by atoms with Crippen molar-refractivity contribution in [2.24, 2.45) is 0 Å². The van der Waals surface area contributed by atoms with Crippen molar-refractivity contribution >= 4 is 17.3 Å². The quantitative estimate of drug-likeness (QED) is 0.135. The number of rotatable bonds is 16. The van der Waals surface area contributed by atoms with Gasteiger partial charge in [-0.2, -0.15) is 46.6 Å². The third-order valence-corrected chi connectivity index (χ3v) is 12.2. The number of hydrogen-bond donors (Lipinski definition) is 0. The number of unbranched alkanes of at least 4 members (excludes halogenated alkanes) is 3. The summed E-state index contributed by atoms with van der Waals surface area (Å²) < 4.78 is 137. The van der Waals surface area contributed by atoms with Crippen LogP contribution in [-0.4, -0.2) is 76.6 Å². The topological polar surface area (TPSA) is 57.5 Å². The van der Waals surface area contributed by atoms with Crippen LogP contribution in [0.5, 0.6) is 0 Å². The van der Waals surface area contributed by atoms with Crippen LogP contribution in [-0.2, 0) is 14.8 Å². The van der Waals surface area contributed by atoms with Gasteiger partial charge in [0.15, 0.2) is 0 Å². The Hall–Kier alpha value is -0.330. The van der Waals surface area contributed by atoms with Crippen molar-refractivity contribution in [3.63, 3.8) is 0 Å². The first-order valence-corrected chi connectivity index (χ1v) is 15.6. The average molecular weight is 588 g/mol. The molecule has 0 radical (unpaired) electrons. The summed E-state index contributed by atoms with van der Waals surface area (Å²) in [6, 6.07) is 0. The fraction of sp³-hybridized carbons (Fsp3) is 1.00. The van der Waals surface area contributed by atoms with Crippen LogP contribution in [0.1, 0.15) is 66.2 Å². The van der Waals surface area contributed by atoms with Crippen LogP contribution in [0.15, 0.2) is 0 Å². The second-order valence-electron chi connectivity index (χ2n) is 8.62. The second-order valence-corrected chi connectivity index (χ2v) is 14.8. The van der Waals surface area contributed by atoms with E-state index in [1.54, 1.807) is 4.72 Å². The molecule has 36 heavy (non-hydrogen) atoms. The maximum atomic E-state index is 12.6. The van der Waals surface area contributed by atoms with Gasteiger partial charge in [-0.15, -0.1) is 0 Å². The first-order valence-electron chi connectivity index (χ1n) is 11.6. The van der Waals surface area contributed by atoms with E-state index in [1.807, 2.05) is 7.11 Å². The fourth-order valence-electron chi connectivity index (χ4n) is 3.35. The van der Waals surface area contributed by atoms with Crippen molar-refractivity contribution in [1.29, 1.82) is 0 Å². The molecule has 15 heteroatoms. The number of sulfonamides is 1. The van der Waals surface area contributed by atoms with E-state index in [2.05, 4.69) is 27.7 Å². The first-order chi connectivity index (χ1) is 16.2. The molecule has 0 N–H and O–H groups in total. The molecule has 0 aromatic carbocycles. The Kier molecular flexibility index (Phi) is 16.1. The van der Waals surface area contributed by atoms with Crippen LogP contribution in [0.4, 0.5) is 39.5 Å². The summed E-state index contributed by atoms with van der Waals surface area (Å²) in [6.45, 7) is 9.24. The summed E-state index contributed by atoms with van der Waals surface area (Å²) >= 11 is 0. The molecule has 0 saturated carbocycles. The lowest BCUT2D eigenvalue weighted by Gasteiger charge is -2.35. The van der Waals surface area contributed by atoms with E-state index in [1.165, 1.54) is 63.2 Å². The van der Waals surface area contributed by atoms with Gasteiger partial charge in [-0.3, -0.25) is 0 Å². The second kappa shape index (κ2) is 15.3. The maximum absolute atomic E-state index is 12.6. The summed E-state index contributed by atoms with van der Waals surface area (Å²) in [5, 5.41) is -6.71. The smallest absolute Gasteiger partial charge is 0.460 e. The minimum atomic E-state index is -7.25. The van der Waals surface area contributed by atoms with E-state index in [0.29, 0.717) is 6.10 Å². The van der Waals surface area contributed by atoms with Crippen molar-refractivity contribution < 1.29 is 52.7 Å². The monoisotopic (exact) mass is 587 g/mol. The fourth-order valence-corrected chi connectivity index (χ4v) is 9.45. The molecule has 0 spiro atoms. The molecule has 0 rings (SSSR count). The number of hydrogen-bond acceptors (Lipinski definition) is 3. The van der Waals surface area contributed by atoms with Crippen LogP contribution in [0.25, 0.3) is 4.72 Å². The number of alkyl halides is 9. The van der Waals surface area contributed by atoms with Gasteiger partial charge in [-0.05, 0) is 26.2 Å². The van der Waals surface area contributed by atoms with Crippen molar-refractivity contribution in [2.75, 3.05) is 38.8 Å². The van der Waals surface area contributed by atoms with E-state index in [-0.39, 0.29) is 7.05 Å². The molecule has 0 saturated heterocycles. The van der Waals surface area contributed by atoms with Gasteiger partial charge in [0.1, 0.15) is 10.0 Å². The number of methoxy groups -OCH3 is 1. The van der Waals surface area contributed by atoms with Crippen molar-refractivity contribution in [3.8, 4) is 0 Å². The molecule has 0 heterocycles. The van der Waals surface area contributed by atoms with Crippen LogP contribution < -0.4 is 0 Å². The SMILES string of the molecule is CCCC[P+](CCCC)(CCCC)CC(C)OC.C[N-]S(=O)(=O)C(F)(F)C(F)(F)C(F)(F)C(F)(F)F. The zero-order valence-electron chi connectivity index (χ0n) is 21.6. The van der Waals surface area contributed by atoms with Crippen molar-refractivity contribution in [3.05, 3.63) is 4.72 Å². The van der Waals surface area contributed by atoms with Crippen LogP contribution in [0, 0.1) is 0 Å². The average Bonchev–Trinajstić information content (AvgIpc) is 2.79. The van der Waals surface area contributed by atoms with Gasteiger partial charge in [0, 0.05) is 14.4 Å². The predicted molar refractivity (Wildman–Crippen MR) is 127 cm³/mol. The lowest BCUT2D eigenvalue weighted by molar-refractivity contribution is -0.382. The molecular weight excluding hydrogens is 548 g/mol. The van der Waals surface area contributed by atoms with E-state index in [0.717, 1.165) is 0 Å². The number of ether oxygens (including phenoxy) is 1. The highest BCUT2D eigenvalue weighted by atomic mass is 32.2. The molecule has 0 aliphatic rings. The van der Waals surface area contributed by atoms with Gasteiger partial charge < -0.3 is 9.46 Å². The number of nitrogens with zero attached hydrogens (tertiary/aromatic N) is 1. The van der Waals surface area contributed by atoms with Gasteiger partial charge in [-0.1, -0.05) is 40.0 Å². The van der Waals surface area contributed by atoms with Gasteiger partial charge >= 0.3 is 23.3 Å². The minimum Gasteiger partial charge on any atom is -0.546 e. The standard InChI is InChI=1S/C16H36OP.C5H3F9NO2S/c1-6-9-12-18(13-10-7-2,14-11-8-3)15-16(4)17-5;1-15-18(16,17)5(13,14)3(8,9)2(6,7)4(10,11)12/h16H,6-15H2,1-5H3;1H3/q+1;-1. The van der Waals surface area contributed by atoms with E-state index in [9.17, 15) is 47.9 Å². The zero-order chi connectivity index (χ0) is 29.1. The third kappa shape index (κ3) is 9.76. The highest BCUT2D eigenvalue weighted by Gasteiger charge is 2.83. The molecule has 0 aliphatic carbocycles. The van der Waals surface area contributed by atoms with Crippen LogP contribution >= 0.6 is 7.26 Å². The molecule has 1 unspecified atom stereocenters. The highest BCUT2D eigenvalue weighted by Crippen LogP contribution is 2.61. The molecule has 220 valence electrons. The molecule has 0 bridgehead atoms. The van der Waals surface area contributed by atoms with E-state index < -0.39 is 40.6 Å². The summed E-state index contributed by atoms with van der Waals surface area (Å²) in [6.07, 6.45) is 7.62. The summed E-state index contributed by atoms with van der Waals surface area (Å²) in [4.78, 5) is 0. The van der Waals surface area contributed by atoms with Crippen LogP contribution in [0.2, 0.25) is 0 Å². The molecule has 0 aromatic heterocycles. The molecule has 4 nitrogen and oxygen atoms in total. The summed E-state index contributed by atoms with van der Waals surface area (Å²) in [5.41, 5.74) is 0. The van der Waals surface area contributed by atoms with Gasteiger partial charge in [0.25, 0.3) is 0 Å². The Labute approximate surface area is 209 Å². The Morgan fingerprint density at radius 3 is 1.39 bits per heavy atom. The lowest BCUT2D eigenvalue weighted by Crippen LogP contribution is -2.62. The molecular formula is C21H39F9NO3PS. The number of halogens is 9. The summed E-state index contributed by atoms with van der Waals surface area (Å²) in [5.74, 6) is -14.5. The van der Waals surface area contributed by atoms with Gasteiger partial charge in [-0.25, -0.2) is 8.42 Å². The maximum Gasteiger partial charge on any atom is 0.460 e. The Balaban J connectivity index is 0. The van der Waals surface area contributed by atoms with Crippen LogP contribution in [0.3, 0.4) is 0 Å². The largest absolute Gasteiger partial charge is 0.546 e. The Bertz CT molecular complexity index is 698. The zero-order valence-corrected chi connectivity index (χ0v) is 23.3. The van der Waals surface area contributed by atoms with E-state index in [4.69, 9.17) is 4.74 Å². The summed E-state index contributed by atoms with van der Waals surface area (Å²) in [7, 11) is -5.39. The van der Waals surface area contributed by atoms with Crippen molar-refractivity contribution in [1.82, 2.24) is 0 Å². The molecule has 0 aromatic rings. The molecule has 0 amide bonds. The molecule has 0 aliphatic heterocycles. The molecule has 1 atom stereocenters.